The smallest absolute Gasteiger partial charge is 0.416 e. The van der Waals surface area contributed by atoms with E-state index in [0.717, 1.165) is 22.8 Å². The van der Waals surface area contributed by atoms with Crippen molar-refractivity contribution in [2.24, 2.45) is 0 Å². The van der Waals surface area contributed by atoms with E-state index in [4.69, 9.17) is 0 Å². The molecule has 0 unspecified atom stereocenters. The van der Waals surface area contributed by atoms with Crippen molar-refractivity contribution >= 4 is 11.9 Å². The van der Waals surface area contributed by atoms with Gasteiger partial charge in [-0.05, 0) is 28.3 Å². The first-order valence-electron chi connectivity index (χ1n) is 12.1. The van der Waals surface area contributed by atoms with E-state index >= 15 is 0 Å². The van der Waals surface area contributed by atoms with Crippen LogP contribution in [-0.2, 0) is 27.6 Å². The number of amides is 1. The summed E-state index contributed by atoms with van der Waals surface area (Å²) in [4.78, 5) is 25.6. The van der Waals surface area contributed by atoms with Gasteiger partial charge in [0.15, 0.2) is 0 Å². The van der Waals surface area contributed by atoms with Crippen LogP contribution in [0.2, 0.25) is 0 Å². The molecule has 0 radical (unpaired) electrons. The van der Waals surface area contributed by atoms with Gasteiger partial charge in [0.1, 0.15) is 6.04 Å². The van der Waals surface area contributed by atoms with Crippen LogP contribution in [-0.4, -0.2) is 23.0 Å². The standard InChI is InChI=1S/C31H26F3NO3/c32-31(33,34)26-19-11-10-12-22(26)20-27(29(37)38)35-28(36)21-30(23-13-4-1-5-14-23,24-15-6-2-7-16-24)25-17-8-3-9-18-25/h1-19,27H,20-21H2,(H,35,36)(H,37,38)/t27-/m1/s1. The molecule has 0 spiro atoms. The number of hydrogen-bond acceptors (Lipinski definition) is 2. The fourth-order valence-corrected chi connectivity index (χ4v) is 4.86. The van der Waals surface area contributed by atoms with E-state index in [-0.39, 0.29) is 12.0 Å². The van der Waals surface area contributed by atoms with Crippen molar-refractivity contribution in [1.82, 2.24) is 5.32 Å². The predicted octanol–water partition coefficient (Wildman–Crippen LogP) is 6.24. The van der Waals surface area contributed by atoms with Crippen molar-refractivity contribution in [2.45, 2.75) is 30.5 Å². The Labute approximate surface area is 218 Å². The maximum Gasteiger partial charge on any atom is 0.416 e. The zero-order valence-electron chi connectivity index (χ0n) is 20.4. The Morgan fingerprint density at radius 1 is 0.684 bits per heavy atom. The quantitative estimate of drug-likeness (QED) is 0.258. The number of carbonyl (C=O) groups excluding carboxylic acids is 1. The Morgan fingerprint density at radius 3 is 1.53 bits per heavy atom. The van der Waals surface area contributed by atoms with E-state index < -0.39 is 41.5 Å². The molecule has 0 aliphatic carbocycles. The molecular formula is C31H26F3NO3. The number of nitrogens with one attached hydrogen (secondary N) is 1. The summed E-state index contributed by atoms with van der Waals surface area (Å²) in [7, 11) is 0. The number of aliphatic carboxylic acids is 1. The van der Waals surface area contributed by atoms with Gasteiger partial charge in [0.2, 0.25) is 5.91 Å². The van der Waals surface area contributed by atoms with Crippen LogP contribution in [0.5, 0.6) is 0 Å². The summed E-state index contributed by atoms with van der Waals surface area (Å²) >= 11 is 0. The second-order valence-electron chi connectivity index (χ2n) is 9.00. The molecule has 1 atom stereocenters. The van der Waals surface area contributed by atoms with Crippen molar-refractivity contribution in [3.05, 3.63) is 143 Å². The van der Waals surface area contributed by atoms with Crippen molar-refractivity contribution in [3.8, 4) is 0 Å². The molecular weight excluding hydrogens is 491 g/mol. The van der Waals surface area contributed by atoms with Crippen molar-refractivity contribution < 1.29 is 27.9 Å². The topological polar surface area (TPSA) is 66.4 Å². The molecule has 1 amide bonds. The Morgan fingerprint density at radius 2 is 1.11 bits per heavy atom. The summed E-state index contributed by atoms with van der Waals surface area (Å²) in [6.07, 6.45) is -5.31. The van der Waals surface area contributed by atoms with Crippen molar-refractivity contribution in [2.75, 3.05) is 0 Å². The molecule has 0 fully saturated rings. The lowest BCUT2D eigenvalue weighted by molar-refractivity contribution is -0.143. The van der Waals surface area contributed by atoms with Gasteiger partial charge in [0, 0.05) is 12.8 Å². The molecule has 4 aromatic carbocycles. The van der Waals surface area contributed by atoms with E-state index in [1.54, 1.807) is 0 Å². The van der Waals surface area contributed by atoms with Gasteiger partial charge in [-0.25, -0.2) is 4.79 Å². The first kappa shape index (κ1) is 26.7. The van der Waals surface area contributed by atoms with Crippen LogP contribution in [0.3, 0.4) is 0 Å². The van der Waals surface area contributed by atoms with Gasteiger partial charge in [0.05, 0.1) is 11.0 Å². The van der Waals surface area contributed by atoms with Gasteiger partial charge >= 0.3 is 12.1 Å². The number of benzene rings is 4. The van der Waals surface area contributed by atoms with Gasteiger partial charge in [-0.3, -0.25) is 4.79 Å². The van der Waals surface area contributed by atoms with Crippen LogP contribution in [0.1, 0.15) is 34.2 Å². The zero-order chi connectivity index (χ0) is 27.2. The van der Waals surface area contributed by atoms with Crippen LogP contribution in [0.25, 0.3) is 0 Å². The van der Waals surface area contributed by atoms with Gasteiger partial charge in [-0.15, -0.1) is 0 Å². The van der Waals surface area contributed by atoms with Crippen LogP contribution >= 0.6 is 0 Å². The number of halogens is 3. The van der Waals surface area contributed by atoms with Gasteiger partial charge < -0.3 is 10.4 Å². The largest absolute Gasteiger partial charge is 0.480 e. The van der Waals surface area contributed by atoms with Gasteiger partial charge in [0.25, 0.3) is 0 Å². The molecule has 7 heteroatoms. The number of alkyl halides is 3. The van der Waals surface area contributed by atoms with E-state index in [1.165, 1.54) is 18.2 Å². The highest BCUT2D eigenvalue weighted by molar-refractivity contribution is 5.85. The van der Waals surface area contributed by atoms with E-state index in [1.807, 2.05) is 91.0 Å². The van der Waals surface area contributed by atoms with E-state index in [2.05, 4.69) is 5.32 Å². The molecule has 0 aromatic heterocycles. The first-order valence-corrected chi connectivity index (χ1v) is 12.1. The molecule has 0 bridgehead atoms. The summed E-state index contributed by atoms with van der Waals surface area (Å²) < 4.78 is 40.5. The number of hydrogen-bond donors (Lipinski definition) is 2. The summed E-state index contributed by atoms with van der Waals surface area (Å²) in [6.45, 7) is 0. The number of rotatable bonds is 9. The summed E-state index contributed by atoms with van der Waals surface area (Å²) in [5.41, 5.74) is 0.368. The SMILES string of the molecule is O=C(CC(c1ccccc1)(c1ccccc1)c1ccccc1)N[C@H](Cc1ccccc1C(F)(F)F)C(=O)O. The van der Waals surface area contributed by atoms with Gasteiger partial charge in [-0.1, -0.05) is 109 Å². The number of carboxylic acid groups (broad SMARTS) is 1. The fourth-order valence-electron chi connectivity index (χ4n) is 4.86. The van der Waals surface area contributed by atoms with Crippen LogP contribution in [0, 0.1) is 0 Å². The average molecular weight is 518 g/mol. The summed E-state index contributed by atoms with van der Waals surface area (Å²) in [5.74, 6) is -2.02. The maximum atomic E-state index is 13.6. The fraction of sp³-hybridized carbons (Fsp3) is 0.161. The van der Waals surface area contributed by atoms with Crippen LogP contribution in [0.4, 0.5) is 13.2 Å². The molecule has 4 rings (SSSR count). The Kier molecular flexibility index (Phi) is 7.96. The summed E-state index contributed by atoms with van der Waals surface area (Å²) in [5, 5.41) is 12.3. The Hall–Kier alpha value is -4.39. The Bertz CT molecular complexity index is 1280. The summed E-state index contributed by atoms with van der Waals surface area (Å²) in [6, 6.07) is 31.4. The second-order valence-corrected chi connectivity index (χ2v) is 9.00. The molecule has 38 heavy (non-hydrogen) atoms. The molecule has 4 nitrogen and oxygen atoms in total. The third kappa shape index (κ3) is 5.78. The normalized spacial score (nSPS) is 12.5. The number of carboxylic acids is 1. The second kappa shape index (κ2) is 11.3. The minimum atomic E-state index is -4.65. The van der Waals surface area contributed by atoms with E-state index in [0.29, 0.717) is 0 Å². The third-order valence-electron chi connectivity index (χ3n) is 6.61. The highest BCUT2D eigenvalue weighted by atomic mass is 19.4. The zero-order valence-corrected chi connectivity index (χ0v) is 20.4. The molecule has 0 saturated carbocycles. The third-order valence-corrected chi connectivity index (χ3v) is 6.61. The lowest BCUT2D eigenvalue weighted by Crippen LogP contribution is -2.45. The number of carbonyl (C=O) groups is 2. The molecule has 2 N–H and O–H groups in total. The van der Waals surface area contributed by atoms with Crippen molar-refractivity contribution in [3.63, 3.8) is 0 Å². The lowest BCUT2D eigenvalue weighted by Gasteiger charge is -2.36. The maximum absolute atomic E-state index is 13.6. The predicted molar refractivity (Wildman–Crippen MR) is 139 cm³/mol. The highest BCUT2D eigenvalue weighted by Crippen LogP contribution is 2.42. The van der Waals surface area contributed by atoms with Crippen LogP contribution in [0.15, 0.2) is 115 Å². The Balaban J connectivity index is 1.73. The van der Waals surface area contributed by atoms with Crippen LogP contribution < -0.4 is 5.32 Å². The van der Waals surface area contributed by atoms with E-state index in [9.17, 15) is 27.9 Å². The molecule has 0 heterocycles. The lowest BCUT2D eigenvalue weighted by atomic mass is 9.67. The highest BCUT2D eigenvalue weighted by Gasteiger charge is 2.40. The minimum Gasteiger partial charge on any atom is -0.480 e. The molecule has 0 saturated heterocycles. The first-order chi connectivity index (χ1) is 18.2. The molecule has 4 aromatic rings. The minimum absolute atomic E-state index is 0.157. The van der Waals surface area contributed by atoms with Gasteiger partial charge in [-0.2, -0.15) is 13.2 Å². The average Bonchev–Trinajstić information content (AvgIpc) is 2.92. The molecule has 194 valence electrons. The monoisotopic (exact) mass is 517 g/mol. The van der Waals surface area contributed by atoms with Crippen molar-refractivity contribution in [1.29, 1.82) is 0 Å². The molecule has 0 aliphatic rings. The molecule has 0 aliphatic heterocycles.